The maximum Gasteiger partial charge on any atom is 0.230 e. The van der Waals surface area contributed by atoms with Gasteiger partial charge in [0.05, 0.1) is 24.0 Å². The van der Waals surface area contributed by atoms with Crippen molar-refractivity contribution in [3.8, 4) is 0 Å². The summed E-state index contributed by atoms with van der Waals surface area (Å²) in [5, 5.41) is 3.42. The molecule has 1 atom stereocenters. The lowest BCUT2D eigenvalue weighted by Crippen LogP contribution is -2.38. The first kappa shape index (κ1) is 20.2. The number of rotatable bonds is 3. The summed E-state index contributed by atoms with van der Waals surface area (Å²) in [7, 11) is 1.75. The van der Waals surface area contributed by atoms with Gasteiger partial charge >= 0.3 is 0 Å². The van der Waals surface area contributed by atoms with Crippen molar-refractivity contribution in [1.82, 2.24) is 4.98 Å². The van der Waals surface area contributed by atoms with E-state index in [0.717, 1.165) is 54.1 Å². The van der Waals surface area contributed by atoms with E-state index in [9.17, 15) is 9.18 Å². The van der Waals surface area contributed by atoms with E-state index in [1.807, 2.05) is 35.2 Å². The van der Waals surface area contributed by atoms with Crippen LogP contribution in [0.4, 0.5) is 27.3 Å². The molecule has 1 saturated heterocycles. The molecule has 0 spiro atoms. The molecule has 1 aliphatic carbocycles. The highest BCUT2D eigenvalue weighted by atomic mass is 19.1. The van der Waals surface area contributed by atoms with E-state index in [2.05, 4.69) is 15.2 Å². The topological polar surface area (TPSA) is 57.7 Å². The number of anilines is 4. The fourth-order valence-electron chi connectivity index (χ4n) is 5.02. The SMILES string of the molecule is CO[C@H]1CC[C@H](C(=O)N2Cc3cccnc3Nc3ccc(N4CC[C@H](F)C4)cc32)CC1. The number of hydrogen-bond acceptors (Lipinski definition) is 5. The van der Waals surface area contributed by atoms with Crippen LogP contribution >= 0.6 is 0 Å². The zero-order valence-electron chi connectivity index (χ0n) is 17.9. The highest BCUT2D eigenvalue weighted by Gasteiger charge is 2.33. The second-order valence-electron chi connectivity index (χ2n) is 8.80. The smallest absolute Gasteiger partial charge is 0.230 e. The average molecular weight is 425 g/mol. The number of carbonyl (C=O) groups excluding carboxylic acids is 1. The Balaban J connectivity index is 1.49. The minimum atomic E-state index is -0.793. The number of fused-ring (bicyclic) bond motifs is 2. The summed E-state index contributed by atoms with van der Waals surface area (Å²) in [6.45, 7) is 1.58. The Hall–Kier alpha value is -2.67. The molecule has 1 N–H and O–H groups in total. The zero-order valence-corrected chi connectivity index (χ0v) is 17.9. The molecule has 0 radical (unpaired) electrons. The number of amides is 1. The predicted molar refractivity (Wildman–Crippen MR) is 120 cm³/mol. The molecule has 2 aromatic rings. The zero-order chi connectivity index (χ0) is 21.4. The third-order valence-electron chi connectivity index (χ3n) is 6.86. The van der Waals surface area contributed by atoms with Crippen molar-refractivity contribution in [1.29, 1.82) is 0 Å². The molecule has 2 fully saturated rings. The van der Waals surface area contributed by atoms with Gasteiger partial charge in [0.15, 0.2) is 0 Å². The number of benzene rings is 1. The van der Waals surface area contributed by atoms with Crippen LogP contribution in [0.2, 0.25) is 0 Å². The maximum atomic E-state index is 13.8. The standard InChI is InChI=1S/C24H29FN4O2/c1-31-20-7-4-16(5-8-20)24(30)29-14-17-3-2-11-26-23(17)27-21-9-6-19(13-22(21)29)28-12-10-18(25)15-28/h2-3,6,9,11,13,16,18,20H,4-5,7-8,10,12,14-15H2,1H3,(H,26,27)/t16-,18-,20-/m0/s1. The molecular formula is C24H29FN4O2. The van der Waals surface area contributed by atoms with E-state index < -0.39 is 6.17 Å². The van der Waals surface area contributed by atoms with Crippen molar-refractivity contribution in [2.45, 2.75) is 50.9 Å². The first-order chi connectivity index (χ1) is 15.1. The maximum absolute atomic E-state index is 13.8. The molecule has 3 heterocycles. The minimum absolute atomic E-state index is 0.0110. The van der Waals surface area contributed by atoms with Gasteiger partial charge < -0.3 is 19.9 Å². The lowest BCUT2D eigenvalue weighted by Gasteiger charge is -2.32. The molecule has 2 aliphatic heterocycles. The fourth-order valence-corrected chi connectivity index (χ4v) is 5.02. The molecule has 6 nitrogen and oxygen atoms in total. The number of nitrogens with zero attached hydrogens (tertiary/aromatic N) is 3. The van der Waals surface area contributed by atoms with E-state index in [1.54, 1.807) is 13.3 Å². The summed E-state index contributed by atoms with van der Waals surface area (Å²) in [5.41, 5.74) is 3.65. The van der Waals surface area contributed by atoms with Gasteiger partial charge in [-0.05, 0) is 56.4 Å². The van der Waals surface area contributed by atoms with Crippen molar-refractivity contribution in [2.75, 3.05) is 35.3 Å². The Morgan fingerprint density at radius 2 is 2.03 bits per heavy atom. The van der Waals surface area contributed by atoms with Gasteiger partial charge in [-0.2, -0.15) is 0 Å². The van der Waals surface area contributed by atoms with Gasteiger partial charge in [-0.1, -0.05) is 6.07 Å². The van der Waals surface area contributed by atoms with E-state index in [1.165, 1.54) is 0 Å². The third-order valence-corrected chi connectivity index (χ3v) is 6.86. The molecule has 0 unspecified atom stereocenters. The van der Waals surface area contributed by atoms with Crippen LogP contribution in [0.25, 0.3) is 0 Å². The van der Waals surface area contributed by atoms with Crippen LogP contribution in [0.15, 0.2) is 36.5 Å². The molecule has 5 rings (SSSR count). The molecule has 7 heteroatoms. The summed E-state index contributed by atoms with van der Waals surface area (Å²) in [5.74, 6) is 0.916. The van der Waals surface area contributed by atoms with Gasteiger partial charge in [0, 0.05) is 43.6 Å². The molecule has 1 aromatic heterocycles. The lowest BCUT2D eigenvalue weighted by molar-refractivity contribution is -0.124. The Kier molecular flexibility index (Phi) is 5.52. The molecule has 1 saturated carbocycles. The molecule has 1 aromatic carbocycles. The van der Waals surface area contributed by atoms with Crippen molar-refractivity contribution in [2.24, 2.45) is 5.92 Å². The quantitative estimate of drug-likeness (QED) is 0.790. The molecule has 1 amide bonds. The summed E-state index contributed by atoms with van der Waals surface area (Å²) < 4.78 is 19.3. The van der Waals surface area contributed by atoms with Gasteiger partial charge in [0.25, 0.3) is 0 Å². The second-order valence-corrected chi connectivity index (χ2v) is 8.80. The van der Waals surface area contributed by atoms with Gasteiger partial charge in [0.2, 0.25) is 5.91 Å². The third kappa shape index (κ3) is 3.99. The van der Waals surface area contributed by atoms with Crippen molar-refractivity contribution >= 4 is 28.8 Å². The Labute approximate surface area is 182 Å². The van der Waals surface area contributed by atoms with Crippen LogP contribution in [-0.4, -0.2) is 43.4 Å². The number of pyridine rings is 1. The van der Waals surface area contributed by atoms with Crippen LogP contribution < -0.4 is 15.1 Å². The second kappa shape index (κ2) is 8.46. The number of alkyl halides is 1. The number of carbonyl (C=O) groups is 1. The van der Waals surface area contributed by atoms with E-state index in [4.69, 9.17) is 4.74 Å². The van der Waals surface area contributed by atoms with Gasteiger partial charge in [-0.15, -0.1) is 0 Å². The van der Waals surface area contributed by atoms with Crippen LogP contribution in [0.5, 0.6) is 0 Å². The van der Waals surface area contributed by atoms with Crippen LogP contribution in [0.1, 0.15) is 37.7 Å². The summed E-state index contributed by atoms with van der Waals surface area (Å²) in [4.78, 5) is 22.2. The molecule has 3 aliphatic rings. The van der Waals surface area contributed by atoms with Crippen molar-refractivity contribution < 1.29 is 13.9 Å². The van der Waals surface area contributed by atoms with Gasteiger partial charge in [-0.3, -0.25) is 4.79 Å². The van der Waals surface area contributed by atoms with Gasteiger partial charge in [-0.25, -0.2) is 9.37 Å². The molecule has 0 bridgehead atoms. The monoisotopic (exact) mass is 424 g/mol. The predicted octanol–water partition coefficient (Wildman–Crippen LogP) is 4.43. The molecule has 164 valence electrons. The fraction of sp³-hybridized carbons (Fsp3) is 0.500. The Morgan fingerprint density at radius 1 is 1.19 bits per heavy atom. The number of methoxy groups -OCH3 is 1. The first-order valence-electron chi connectivity index (χ1n) is 11.2. The Morgan fingerprint density at radius 3 is 2.77 bits per heavy atom. The molecular weight excluding hydrogens is 395 g/mol. The van der Waals surface area contributed by atoms with E-state index in [0.29, 0.717) is 26.1 Å². The number of ether oxygens (including phenoxy) is 1. The summed E-state index contributed by atoms with van der Waals surface area (Å²) in [6.07, 6.45) is 5.27. The van der Waals surface area contributed by atoms with E-state index in [-0.39, 0.29) is 17.9 Å². The van der Waals surface area contributed by atoms with Crippen molar-refractivity contribution in [3.05, 3.63) is 42.1 Å². The van der Waals surface area contributed by atoms with Crippen molar-refractivity contribution in [3.63, 3.8) is 0 Å². The number of nitrogens with one attached hydrogen (secondary N) is 1. The van der Waals surface area contributed by atoms with Crippen LogP contribution in [-0.2, 0) is 16.1 Å². The Bertz CT molecular complexity index is 960. The minimum Gasteiger partial charge on any atom is -0.381 e. The number of hydrogen-bond donors (Lipinski definition) is 1. The lowest BCUT2D eigenvalue weighted by atomic mass is 9.86. The van der Waals surface area contributed by atoms with Gasteiger partial charge in [0.1, 0.15) is 12.0 Å². The normalized spacial score (nSPS) is 25.4. The highest BCUT2D eigenvalue weighted by Crippen LogP contribution is 2.40. The summed E-state index contributed by atoms with van der Waals surface area (Å²) in [6, 6.07) is 9.94. The summed E-state index contributed by atoms with van der Waals surface area (Å²) >= 11 is 0. The first-order valence-corrected chi connectivity index (χ1v) is 11.2. The highest BCUT2D eigenvalue weighted by molar-refractivity contribution is 6.00. The number of halogens is 1. The van der Waals surface area contributed by atoms with E-state index >= 15 is 0 Å². The average Bonchev–Trinajstić information content (AvgIpc) is 3.17. The van der Waals surface area contributed by atoms with Crippen LogP contribution in [0.3, 0.4) is 0 Å². The largest absolute Gasteiger partial charge is 0.381 e. The van der Waals surface area contributed by atoms with Crippen LogP contribution in [0, 0.1) is 5.92 Å². The number of aromatic nitrogens is 1. The molecule has 31 heavy (non-hydrogen) atoms.